The molecule has 4 N–H and O–H groups in total. The molecule has 0 radical (unpaired) electrons. The van der Waals surface area contributed by atoms with Crippen molar-refractivity contribution in [1.29, 1.82) is 0 Å². The van der Waals surface area contributed by atoms with E-state index in [0.29, 0.717) is 0 Å². The molecule has 13 heavy (non-hydrogen) atoms. The number of rotatable bonds is 0. The van der Waals surface area contributed by atoms with Gasteiger partial charge in [-0.05, 0) is 0 Å². The Balaban J connectivity index is 0.000000845. The van der Waals surface area contributed by atoms with E-state index >= 15 is 0 Å². The van der Waals surface area contributed by atoms with Gasteiger partial charge in [-0.15, -0.1) is 0 Å². The van der Waals surface area contributed by atoms with Gasteiger partial charge in [-0.3, -0.25) is 24.7 Å². The van der Waals surface area contributed by atoms with Gasteiger partial charge >= 0.3 is 42.4 Å². The normalized spacial score (nSPS) is 9.85. The minimum atomic E-state index is -0.650. The van der Waals surface area contributed by atoms with Gasteiger partial charge in [0.2, 0.25) is 0 Å². The fraction of sp³-hybridized carbons (Fsp3) is 0. The van der Waals surface area contributed by atoms with Crippen molar-refractivity contribution in [2.45, 2.75) is 0 Å². The Hall–Kier alpha value is -1.05. The summed E-state index contributed by atoms with van der Waals surface area (Å²) in [5, 5.41) is 0. The van der Waals surface area contributed by atoms with Crippen LogP contribution in [0.5, 0.6) is 0 Å². The predicted octanol–water partition coefficient (Wildman–Crippen LogP) is -2.30. The van der Waals surface area contributed by atoms with Gasteiger partial charge in [0, 0.05) is 0 Å². The van der Waals surface area contributed by atoms with Gasteiger partial charge in [0.25, 0.3) is 5.56 Å². The van der Waals surface area contributed by atoms with Crippen LogP contribution in [0.25, 0.3) is 11.2 Å². The fourth-order valence-corrected chi connectivity index (χ4v) is 0.958. The zero-order chi connectivity index (χ0) is 8.72. The van der Waals surface area contributed by atoms with E-state index in [1.807, 2.05) is 4.98 Å². The first-order chi connectivity index (χ1) is 5.66. The summed E-state index contributed by atoms with van der Waals surface area (Å²) in [5.41, 5.74) is -1.65. The topological polar surface area (TPSA) is 114 Å². The van der Waals surface area contributed by atoms with Gasteiger partial charge in [-0.25, -0.2) is 9.59 Å². The summed E-state index contributed by atoms with van der Waals surface area (Å²) >= 11 is 0. The Labute approximate surface area is 93.4 Å². The van der Waals surface area contributed by atoms with E-state index in [0.717, 1.165) is 0 Å². The number of nitrogens with one attached hydrogen (secondary N) is 4. The zero-order valence-electron chi connectivity index (χ0n) is 6.72. The number of aromatic nitrogens is 4. The van der Waals surface area contributed by atoms with Crippen molar-refractivity contribution in [2.75, 3.05) is 0 Å². The SMILES string of the molecule is O=c1[nH]c(=O)c2[nH]c(=O)[nH]c2[nH]1.[H+].[NaH]. The molecule has 0 spiro atoms. The van der Waals surface area contributed by atoms with E-state index in [1.54, 1.807) is 0 Å². The molecule has 2 aromatic heterocycles. The molecule has 0 saturated heterocycles. The van der Waals surface area contributed by atoms with Crippen molar-refractivity contribution in [3.05, 3.63) is 31.3 Å². The maximum absolute atomic E-state index is 10.9. The number of imidazole rings is 1. The molecule has 0 bridgehead atoms. The summed E-state index contributed by atoms with van der Waals surface area (Å²) in [6, 6.07) is 0. The van der Waals surface area contributed by atoms with Crippen LogP contribution in [0.15, 0.2) is 14.4 Å². The summed E-state index contributed by atoms with van der Waals surface area (Å²) in [7, 11) is 0. The third-order valence-electron chi connectivity index (χ3n) is 1.42. The van der Waals surface area contributed by atoms with E-state index in [4.69, 9.17) is 0 Å². The molecule has 64 valence electrons. The van der Waals surface area contributed by atoms with Crippen molar-refractivity contribution in [2.24, 2.45) is 0 Å². The molecule has 0 aliphatic rings. The molecule has 0 atom stereocenters. The number of fused-ring (bicyclic) bond motifs is 1. The van der Waals surface area contributed by atoms with Gasteiger partial charge < -0.3 is 0 Å². The Morgan fingerprint density at radius 3 is 2.00 bits per heavy atom. The van der Waals surface area contributed by atoms with E-state index in [-0.39, 0.29) is 42.1 Å². The second kappa shape index (κ2) is 3.36. The third-order valence-corrected chi connectivity index (χ3v) is 1.42. The summed E-state index contributed by atoms with van der Waals surface area (Å²) in [4.78, 5) is 41.0. The van der Waals surface area contributed by atoms with E-state index in [9.17, 15) is 14.4 Å². The van der Waals surface area contributed by atoms with Gasteiger partial charge in [0.15, 0.2) is 0 Å². The van der Waals surface area contributed by atoms with Crippen LogP contribution in [-0.4, -0.2) is 49.5 Å². The molecule has 2 rings (SSSR count). The quantitative estimate of drug-likeness (QED) is 0.352. The van der Waals surface area contributed by atoms with Gasteiger partial charge in [0.05, 0.1) is 0 Å². The Bertz CT molecular complexity index is 593. The number of aromatic amines is 4. The molecule has 7 nitrogen and oxygen atoms in total. The van der Waals surface area contributed by atoms with Gasteiger partial charge in [-0.1, -0.05) is 0 Å². The summed E-state index contributed by atoms with van der Waals surface area (Å²) in [6.45, 7) is 0. The Morgan fingerprint density at radius 2 is 1.38 bits per heavy atom. The number of hydrogen-bond acceptors (Lipinski definition) is 3. The molecule has 2 aromatic rings. The van der Waals surface area contributed by atoms with Crippen LogP contribution >= 0.6 is 0 Å². The maximum atomic E-state index is 10.9. The summed E-state index contributed by atoms with van der Waals surface area (Å²) in [5.74, 6) is 0. The molecular formula is C5H6N4NaO3+. The molecule has 0 aliphatic heterocycles. The van der Waals surface area contributed by atoms with Gasteiger partial charge in [0.1, 0.15) is 11.2 Å². The van der Waals surface area contributed by atoms with Crippen molar-refractivity contribution in [3.8, 4) is 0 Å². The van der Waals surface area contributed by atoms with Crippen LogP contribution in [-0.2, 0) is 0 Å². The van der Waals surface area contributed by atoms with Crippen molar-refractivity contribution < 1.29 is 1.43 Å². The predicted molar refractivity (Wildman–Crippen MR) is 48.4 cm³/mol. The zero-order valence-corrected chi connectivity index (χ0v) is 5.72. The van der Waals surface area contributed by atoms with Crippen molar-refractivity contribution in [3.63, 3.8) is 0 Å². The Kier molecular flexibility index (Phi) is 2.60. The molecule has 0 amide bonds. The third kappa shape index (κ3) is 1.67. The van der Waals surface area contributed by atoms with E-state index < -0.39 is 16.9 Å². The van der Waals surface area contributed by atoms with Crippen molar-refractivity contribution in [1.82, 2.24) is 19.9 Å². The monoisotopic (exact) mass is 193 g/mol. The molecule has 0 saturated carbocycles. The summed E-state index contributed by atoms with van der Waals surface area (Å²) in [6.07, 6.45) is 0. The molecule has 2 heterocycles. The van der Waals surface area contributed by atoms with Crippen molar-refractivity contribution >= 4 is 40.7 Å². The molecular weight excluding hydrogens is 187 g/mol. The van der Waals surface area contributed by atoms with Crippen LogP contribution < -0.4 is 16.9 Å². The second-order valence-corrected chi connectivity index (χ2v) is 2.24. The standard InChI is InChI=1S/C5H4N4O3.Na.H/c10-3-1-2(7-4(11)6-1)8-5(12)9-3;;/h(H4,6,7,8,9,10,11,12);;/p+1. The number of hydrogen-bond donors (Lipinski definition) is 4. The van der Waals surface area contributed by atoms with Crippen LogP contribution in [0.4, 0.5) is 0 Å². The first-order valence-electron chi connectivity index (χ1n) is 3.11. The average Bonchev–Trinajstić information content (AvgIpc) is 2.29. The first kappa shape index (κ1) is 10.0. The van der Waals surface area contributed by atoms with Crippen LogP contribution in [0.3, 0.4) is 0 Å². The average molecular weight is 193 g/mol. The molecule has 0 aliphatic carbocycles. The first-order valence-corrected chi connectivity index (χ1v) is 3.11. The van der Waals surface area contributed by atoms with Crippen LogP contribution in [0, 0.1) is 0 Å². The van der Waals surface area contributed by atoms with E-state index in [2.05, 4.69) is 15.0 Å². The Morgan fingerprint density at radius 1 is 0.846 bits per heavy atom. The fourth-order valence-electron chi connectivity index (χ4n) is 0.958. The molecule has 0 unspecified atom stereocenters. The van der Waals surface area contributed by atoms with Crippen LogP contribution in [0.1, 0.15) is 1.43 Å². The molecule has 0 aromatic carbocycles. The molecule has 8 heteroatoms. The second-order valence-electron chi connectivity index (χ2n) is 2.24. The summed E-state index contributed by atoms with van der Waals surface area (Å²) < 4.78 is 0. The molecule has 0 fully saturated rings. The minimum absolute atomic E-state index is 0. The number of H-pyrrole nitrogens is 4. The van der Waals surface area contributed by atoms with Crippen LogP contribution in [0.2, 0.25) is 0 Å². The van der Waals surface area contributed by atoms with Gasteiger partial charge in [-0.2, -0.15) is 0 Å². The van der Waals surface area contributed by atoms with E-state index in [1.165, 1.54) is 0 Å².